The van der Waals surface area contributed by atoms with Crippen LogP contribution in [0.4, 0.5) is 0 Å². The summed E-state index contributed by atoms with van der Waals surface area (Å²) in [4.78, 5) is 12.0. The number of aromatic nitrogens is 2. The van der Waals surface area contributed by atoms with Crippen LogP contribution in [0.1, 0.15) is 24.3 Å². The van der Waals surface area contributed by atoms with Crippen molar-refractivity contribution in [3.63, 3.8) is 0 Å². The first-order valence-electron chi connectivity index (χ1n) is 4.73. The molecule has 0 saturated carbocycles. The molecule has 15 heavy (non-hydrogen) atoms. The lowest BCUT2D eigenvalue weighted by Crippen LogP contribution is -2.30. The predicted molar refractivity (Wildman–Crippen MR) is 58.2 cm³/mol. The van der Waals surface area contributed by atoms with Gasteiger partial charge in [-0.05, 0) is 5.92 Å². The number of aryl methyl sites for hydroxylation is 1. The molecule has 0 saturated heterocycles. The van der Waals surface area contributed by atoms with Crippen LogP contribution in [0.2, 0.25) is 5.02 Å². The highest BCUT2D eigenvalue weighted by molar-refractivity contribution is 6.33. The van der Waals surface area contributed by atoms with Crippen molar-refractivity contribution in [2.75, 3.05) is 7.11 Å². The van der Waals surface area contributed by atoms with Crippen LogP contribution < -0.4 is 0 Å². The van der Waals surface area contributed by atoms with E-state index in [9.17, 15) is 4.79 Å². The molecule has 0 radical (unpaired) electrons. The molecule has 1 rings (SSSR count). The second-order valence-electron chi connectivity index (χ2n) is 3.73. The van der Waals surface area contributed by atoms with Gasteiger partial charge in [0, 0.05) is 14.2 Å². The van der Waals surface area contributed by atoms with Crippen LogP contribution >= 0.6 is 11.6 Å². The molecule has 1 atom stereocenters. The highest BCUT2D eigenvalue weighted by atomic mass is 35.5. The maximum Gasteiger partial charge on any atom is 0.211 e. The smallest absolute Gasteiger partial charge is 0.211 e. The van der Waals surface area contributed by atoms with Crippen molar-refractivity contribution in [1.82, 2.24) is 9.78 Å². The molecule has 0 fully saturated rings. The third-order valence-corrected chi connectivity index (χ3v) is 2.52. The molecule has 4 nitrogen and oxygen atoms in total. The number of halogens is 1. The zero-order valence-corrected chi connectivity index (χ0v) is 10.1. The first-order valence-corrected chi connectivity index (χ1v) is 5.11. The van der Waals surface area contributed by atoms with Crippen LogP contribution in [-0.4, -0.2) is 28.8 Å². The lowest BCUT2D eigenvalue weighted by Gasteiger charge is -2.17. The van der Waals surface area contributed by atoms with E-state index in [-0.39, 0.29) is 11.7 Å². The van der Waals surface area contributed by atoms with Crippen molar-refractivity contribution in [3.8, 4) is 0 Å². The molecule has 0 amide bonds. The predicted octanol–water partition coefficient (Wildman–Crippen LogP) is 1.93. The molecule has 1 aromatic heterocycles. The van der Waals surface area contributed by atoms with Gasteiger partial charge < -0.3 is 4.74 Å². The Kier molecular flexibility index (Phi) is 3.88. The van der Waals surface area contributed by atoms with Crippen LogP contribution in [0.25, 0.3) is 0 Å². The van der Waals surface area contributed by atoms with E-state index in [0.29, 0.717) is 10.7 Å². The summed E-state index contributed by atoms with van der Waals surface area (Å²) >= 11 is 5.89. The largest absolute Gasteiger partial charge is 0.373 e. The molecule has 1 heterocycles. The van der Waals surface area contributed by atoms with Gasteiger partial charge in [0.2, 0.25) is 5.78 Å². The molecule has 0 aliphatic carbocycles. The quantitative estimate of drug-likeness (QED) is 0.743. The van der Waals surface area contributed by atoms with Crippen LogP contribution in [-0.2, 0) is 11.8 Å². The average Bonchev–Trinajstić information content (AvgIpc) is 2.46. The first kappa shape index (κ1) is 12.2. The monoisotopic (exact) mass is 230 g/mol. The molecule has 0 aromatic carbocycles. The highest BCUT2D eigenvalue weighted by Gasteiger charge is 2.27. The molecule has 5 heteroatoms. The number of ether oxygens (including phenoxy) is 1. The standard InChI is InChI=1S/C10H15ClN2O2/c1-6(2)10(15-4)9(14)8-7(11)5-12-13(8)3/h5-6,10H,1-4H3. The molecule has 84 valence electrons. The third kappa shape index (κ3) is 2.38. The minimum absolute atomic E-state index is 0.105. The van der Waals surface area contributed by atoms with E-state index in [1.807, 2.05) is 13.8 Å². The second-order valence-corrected chi connectivity index (χ2v) is 4.14. The number of carbonyl (C=O) groups excluding carboxylic acids is 1. The Hall–Kier alpha value is -0.870. The van der Waals surface area contributed by atoms with Gasteiger partial charge in [0.25, 0.3) is 0 Å². The summed E-state index contributed by atoms with van der Waals surface area (Å²) in [6.45, 7) is 3.85. The number of hydrogen-bond acceptors (Lipinski definition) is 3. The lowest BCUT2D eigenvalue weighted by molar-refractivity contribution is 0.0450. The van der Waals surface area contributed by atoms with Crippen LogP contribution in [0, 0.1) is 5.92 Å². The fourth-order valence-corrected chi connectivity index (χ4v) is 1.76. The molecule has 1 aromatic rings. The van der Waals surface area contributed by atoms with Gasteiger partial charge in [0.15, 0.2) is 0 Å². The lowest BCUT2D eigenvalue weighted by atomic mass is 10.0. The minimum Gasteiger partial charge on any atom is -0.373 e. The Morgan fingerprint density at radius 1 is 1.60 bits per heavy atom. The fraction of sp³-hybridized carbons (Fsp3) is 0.600. The van der Waals surface area contributed by atoms with Gasteiger partial charge in [-0.1, -0.05) is 25.4 Å². The summed E-state index contributed by atoms with van der Waals surface area (Å²) < 4.78 is 6.63. The summed E-state index contributed by atoms with van der Waals surface area (Å²) in [6.07, 6.45) is 0.986. The van der Waals surface area contributed by atoms with Crippen LogP contribution in [0.3, 0.4) is 0 Å². The summed E-state index contributed by atoms with van der Waals surface area (Å²) in [6, 6.07) is 0. The van der Waals surface area contributed by atoms with Crippen molar-refractivity contribution < 1.29 is 9.53 Å². The molecule has 1 unspecified atom stereocenters. The van der Waals surface area contributed by atoms with Crippen molar-refractivity contribution in [1.29, 1.82) is 0 Å². The van der Waals surface area contributed by atoms with E-state index >= 15 is 0 Å². The Balaban J connectivity index is 3.03. The Bertz CT molecular complexity index is 341. The number of ketones is 1. The zero-order valence-electron chi connectivity index (χ0n) is 9.32. The highest BCUT2D eigenvalue weighted by Crippen LogP contribution is 2.19. The van der Waals surface area contributed by atoms with Crippen molar-refractivity contribution in [2.45, 2.75) is 20.0 Å². The Morgan fingerprint density at radius 3 is 2.53 bits per heavy atom. The van der Waals surface area contributed by atoms with Crippen molar-refractivity contribution in [2.24, 2.45) is 13.0 Å². The van der Waals surface area contributed by atoms with E-state index in [1.165, 1.54) is 18.0 Å². The van der Waals surface area contributed by atoms with Crippen LogP contribution in [0.15, 0.2) is 6.20 Å². The fourth-order valence-electron chi connectivity index (χ4n) is 1.50. The van der Waals surface area contributed by atoms with Gasteiger partial charge in [-0.2, -0.15) is 5.10 Å². The molecule has 0 spiro atoms. The van der Waals surface area contributed by atoms with Gasteiger partial charge in [-0.3, -0.25) is 9.48 Å². The van der Waals surface area contributed by atoms with Gasteiger partial charge in [-0.15, -0.1) is 0 Å². The SMILES string of the molecule is COC(C(=O)c1c(Cl)cnn1C)C(C)C. The molecular weight excluding hydrogens is 216 g/mol. The van der Waals surface area contributed by atoms with Crippen molar-refractivity contribution >= 4 is 17.4 Å². The van der Waals surface area contributed by atoms with Gasteiger partial charge >= 0.3 is 0 Å². The second kappa shape index (κ2) is 4.77. The van der Waals surface area contributed by atoms with Gasteiger partial charge in [-0.25, -0.2) is 0 Å². The normalized spacial score (nSPS) is 13.2. The van der Waals surface area contributed by atoms with Gasteiger partial charge in [0.1, 0.15) is 11.8 Å². The summed E-state index contributed by atoms with van der Waals surface area (Å²) in [7, 11) is 3.21. The zero-order chi connectivity index (χ0) is 11.6. The molecule has 0 aliphatic rings. The maximum absolute atomic E-state index is 12.0. The number of methoxy groups -OCH3 is 1. The third-order valence-electron chi connectivity index (χ3n) is 2.25. The number of carbonyl (C=O) groups is 1. The van der Waals surface area contributed by atoms with Gasteiger partial charge in [0.05, 0.1) is 11.2 Å². The summed E-state index contributed by atoms with van der Waals surface area (Å²) in [5, 5.41) is 4.29. The Morgan fingerprint density at radius 2 is 2.20 bits per heavy atom. The summed E-state index contributed by atoms with van der Waals surface area (Å²) in [5.74, 6) is -0.0223. The molecule has 0 N–H and O–H groups in total. The minimum atomic E-state index is -0.474. The maximum atomic E-state index is 12.0. The molecular formula is C10H15ClN2O2. The Labute approximate surface area is 94.2 Å². The molecule has 0 aliphatic heterocycles. The van der Waals surface area contributed by atoms with Crippen LogP contribution in [0.5, 0.6) is 0 Å². The van der Waals surface area contributed by atoms with E-state index in [2.05, 4.69) is 5.10 Å². The number of rotatable bonds is 4. The van der Waals surface area contributed by atoms with E-state index < -0.39 is 6.10 Å². The number of nitrogens with zero attached hydrogens (tertiary/aromatic N) is 2. The number of Topliss-reactive ketones (excluding diaryl/α,β-unsaturated/α-hetero) is 1. The first-order chi connectivity index (χ1) is 6.99. The van der Waals surface area contributed by atoms with Crippen molar-refractivity contribution in [3.05, 3.63) is 16.9 Å². The van der Waals surface area contributed by atoms with E-state index in [1.54, 1.807) is 7.05 Å². The molecule has 0 bridgehead atoms. The summed E-state index contributed by atoms with van der Waals surface area (Å²) in [5.41, 5.74) is 0.400. The number of hydrogen-bond donors (Lipinski definition) is 0. The van der Waals surface area contributed by atoms with E-state index in [4.69, 9.17) is 16.3 Å². The topological polar surface area (TPSA) is 44.1 Å². The van der Waals surface area contributed by atoms with E-state index in [0.717, 1.165) is 0 Å². The average molecular weight is 231 g/mol.